The average molecular weight is 335 g/mol. The molecule has 0 spiro atoms. The standard InChI is InChI=1S/C16H21N3O5/c1-5-22-14(20)12-13(23-9-18-12)10-6-7-11(17-8-10)19-15(21)24-16(2,3)4/h6-9,12-13H,5H2,1-4H3,(H,17,19,21). The van der Waals surface area contributed by atoms with Gasteiger partial charge in [-0.05, 0) is 33.8 Å². The Kier molecular flexibility index (Phi) is 5.38. The van der Waals surface area contributed by atoms with Gasteiger partial charge in [0.25, 0.3) is 0 Å². The van der Waals surface area contributed by atoms with E-state index in [0.29, 0.717) is 11.4 Å². The minimum atomic E-state index is -0.753. The number of amides is 1. The van der Waals surface area contributed by atoms with Crippen LogP contribution in [0.25, 0.3) is 0 Å². The monoisotopic (exact) mass is 335 g/mol. The maximum Gasteiger partial charge on any atom is 0.413 e. The fourth-order valence-electron chi connectivity index (χ4n) is 2.05. The van der Waals surface area contributed by atoms with E-state index in [1.807, 2.05) is 0 Å². The molecule has 1 N–H and O–H groups in total. The summed E-state index contributed by atoms with van der Waals surface area (Å²) in [6.45, 7) is 7.32. The molecule has 0 radical (unpaired) electrons. The molecule has 1 aliphatic heterocycles. The van der Waals surface area contributed by atoms with Crippen molar-refractivity contribution in [2.24, 2.45) is 4.99 Å². The van der Waals surface area contributed by atoms with Gasteiger partial charge >= 0.3 is 12.1 Å². The summed E-state index contributed by atoms with van der Waals surface area (Å²) >= 11 is 0. The Labute approximate surface area is 140 Å². The number of pyridine rings is 1. The van der Waals surface area contributed by atoms with Gasteiger partial charge < -0.3 is 14.2 Å². The molecule has 0 saturated carbocycles. The lowest BCUT2D eigenvalue weighted by atomic mass is 10.1. The van der Waals surface area contributed by atoms with Gasteiger partial charge in [-0.3, -0.25) is 5.32 Å². The summed E-state index contributed by atoms with van der Waals surface area (Å²) in [5, 5.41) is 2.53. The number of rotatable bonds is 4. The van der Waals surface area contributed by atoms with Gasteiger partial charge in [-0.25, -0.2) is 19.6 Å². The van der Waals surface area contributed by atoms with Crippen LogP contribution in [0.2, 0.25) is 0 Å². The lowest BCUT2D eigenvalue weighted by Crippen LogP contribution is -2.28. The van der Waals surface area contributed by atoms with E-state index < -0.39 is 29.8 Å². The first kappa shape index (κ1) is 17.7. The minimum absolute atomic E-state index is 0.272. The van der Waals surface area contributed by atoms with Crippen LogP contribution in [0.5, 0.6) is 0 Å². The zero-order valence-corrected chi connectivity index (χ0v) is 14.1. The fraction of sp³-hybridized carbons (Fsp3) is 0.500. The topological polar surface area (TPSA) is 99.1 Å². The number of aromatic nitrogens is 1. The Morgan fingerprint density at radius 3 is 2.67 bits per heavy atom. The van der Waals surface area contributed by atoms with Gasteiger partial charge in [-0.1, -0.05) is 6.07 Å². The van der Waals surface area contributed by atoms with Crippen LogP contribution in [0.3, 0.4) is 0 Å². The van der Waals surface area contributed by atoms with Crippen molar-refractivity contribution in [3.05, 3.63) is 23.9 Å². The molecular formula is C16H21N3O5. The highest BCUT2D eigenvalue weighted by Gasteiger charge is 2.35. The van der Waals surface area contributed by atoms with Crippen LogP contribution in [-0.2, 0) is 19.0 Å². The molecule has 1 aliphatic rings. The first-order valence-corrected chi connectivity index (χ1v) is 7.60. The number of ether oxygens (including phenoxy) is 3. The highest BCUT2D eigenvalue weighted by molar-refractivity contribution is 5.83. The van der Waals surface area contributed by atoms with Crippen LogP contribution >= 0.6 is 0 Å². The van der Waals surface area contributed by atoms with Crippen LogP contribution < -0.4 is 5.32 Å². The summed E-state index contributed by atoms with van der Waals surface area (Å²) < 4.78 is 15.5. The van der Waals surface area contributed by atoms with E-state index in [2.05, 4.69) is 15.3 Å². The third-order valence-electron chi connectivity index (χ3n) is 2.99. The first-order valence-electron chi connectivity index (χ1n) is 7.60. The molecule has 0 fully saturated rings. The Bertz CT molecular complexity index is 622. The molecule has 1 amide bonds. The molecular weight excluding hydrogens is 314 g/mol. The minimum Gasteiger partial charge on any atom is -0.473 e. The number of nitrogens with zero attached hydrogens (tertiary/aromatic N) is 2. The van der Waals surface area contributed by atoms with Gasteiger partial charge in [-0.15, -0.1) is 0 Å². The van der Waals surface area contributed by atoms with Gasteiger partial charge in [-0.2, -0.15) is 0 Å². The van der Waals surface area contributed by atoms with E-state index in [1.54, 1.807) is 39.8 Å². The number of nitrogens with one attached hydrogen (secondary N) is 1. The molecule has 0 saturated heterocycles. The smallest absolute Gasteiger partial charge is 0.413 e. The van der Waals surface area contributed by atoms with Crippen LogP contribution in [-0.4, -0.2) is 41.7 Å². The molecule has 8 heteroatoms. The number of aliphatic imine (C=N–C) groups is 1. The van der Waals surface area contributed by atoms with Crippen molar-refractivity contribution in [1.82, 2.24) is 4.98 Å². The van der Waals surface area contributed by atoms with Crippen molar-refractivity contribution in [3.8, 4) is 0 Å². The van der Waals surface area contributed by atoms with Crippen molar-refractivity contribution in [3.63, 3.8) is 0 Å². The summed E-state index contributed by atoms with van der Waals surface area (Å²) in [4.78, 5) is 31.7. The first-order chi connectivity index (χ1) is 11.3. The third kappa shape index (κ3) is 4.68. The number of hydrogen-bond acceptors (Lipinski definition) is 7. The molecule has 130 valence electrons. The quantitative estimate of drug-likeness (QED) is 0.849. The number of carbonyl (C=O) groups excluding carboxylic acids is 2. The highest BCUT2D eigenvalue weighted by Crippen LogP contribution is 2.28. The highest BCUT2D eigenvalue weighted by atomic mass is 16.6. The second-order valence-electron chi connectivity index (χ2n) is 6.11. The van der Waals surface area contributed by atoms with E-state index in [9.17, 15) is 9.59 Å². The fourth-order valence-corrected chi connectivity index (χ4v) is 2.05. The van der Waals surface area contributed by atoms with Gasteiger partial charge in [0.15, 0.2) is 18.5 Å². The van der Waals surface area contributed by atoms with E-state index >= 15 is 0 Å². The lowest BCUT2D eigenvalue weighted by molar-refractivity contribution is -0.146. The molecule has 1 aromatic heterocycles. The van der Waals surface area contributed by atoms with Crippen LogP contribution in [0.15, 0.2) is 23.3 Å². The number of carbonyl (C=O) groups is 2. The van der Waals surface area contributed by atoms with E-state index in [-0.39, 0.29) is 6.61 Å². The lowest BCUT2D eigenvalue weighted by Gasteiger charge is -2.19. The summed E-state index contributed by atoms with van der Waals surface area (Å²) in [6, 6.07) is 2.55. The second-order valence-corrected chi connectivity index (χ2v) is 6.11. The van der Waals surface area contributed by atoms with Crippen molar-refractivity contribution < 1.29 is 23.8 Å². The van der Waals surface area contributed by atoms with Gasteiger partial charge in [0.2, 0.25) is 0 Å². The van der Waals surface area contributed by atoms with E-state index in [0.717, 1.165) is 0 Å². The van der Waals surface area contributed by atoms with Crippen molar-refractivity contribution >= 4 is 24.3 Å². The molecule has 0 aliphatic carbocycles. The van der Waals surface area contributed by atoms with Crippen molar-refractivity contribution in [1.29, 1.82) is 0 Å². The van der Waals surface area contributed by atoms with E-state index in [1.165, 1.54) is 12.6 Å². The Balaban J connectivity index is 2.01. The molecule has 2 rings (SSSR count). The summed E-state index contributed by atoms with van der Waals surface area (Å²) in [5.74, 6) is -0.119. The Hall–Kier alpha value is -2.64. The molecule has 8 nitrogen and oxygen atoms in total. The average Bonchev–Trinajstić information content (AvgIpc) is 2.95. The zero-order valence-electron chi connectivity index (χ0n) is 14.1. The SMILES string of the molecule is CCOC(=O)C1N=COC1c1ccc(NC(=O)OC(C)(C)C)nc1. The Morgan fingerprint density at radius 2 is 2.08 bits per heavy atom. The molecule has 2 atom stereocenters. The number of esters is 1. The zero-order chi connectivity index (χ0) is 17.7. The van der Waals surface area contributed by atoms with Crippen molar-refractivity contribution in [2.45, 2.75) is 45.4 Å². The second kappa shape index (κ2) is 7.29. The largest absolute Gasteiger partial charge is 0.473 e. The third-order valence-corrected chi connectivity index (χ3v) is 2.99. The normalized spacial score (nSPS) is 19.5. The molecule has 0 bridgehead atoms. The summed E-state index contributed by atoms with van der Waals surface area (Å²) in [6.07, 6.45) is 1.57. The predicted molar refractivity (Wildman–Crippen MR) is 86.8 cm³/mol. The molecule has 2 unspecified atom stereocenters. The van der Waals surface area contributed by atoms with Crippen LogP contribution in [0.4, 0.5) is 10.6 Å². The Morgan fingerprint density at radius 1 is 1.33 bits per heavy atom. The number of hydrogen-bond donors (Lipinski definition) is 1. The predicted octanol–water partition coefficient (Wildman–Crippen LogP) is 2.46. The maximum atomic E-state index is 11.9. The van der Waals surface area contributed by atoms with Crippen LogP contribution in [0, 0.1) is 0 Å². The summed E-state index contributed by atoms with van der Waals surface area (Å²) in [5.41, 5.74) is 0.0617. The summed E-state index contributed by atoms with van der Waals surface area (Å²) in [7, 11) is 0. The molecule has 0 aromatic carbocycles. The van der Waals surface area contributed by atoms with Gasteiger partial charge in [0.05, 0.1) is 6.61 Å². The molecule has 24 heavy (non-hydrogen) atoms. The molecule has 1 aromatic rings. The van der Waals surface area contributed by atoms with Gasteiger partial charge in [0.1, 0.15) is 11.4 Å². The molecule has 2 heterocycles. The number of anilines is 1. The van der Waals surface area contributed by atoms with Crippen molar-refractivity contribution in [2.75, 3.05) is 11.9 Å². The van der Waals surface area contributed by atoms with Crippen LogP contribution in [0.1, 0.15) is 39.4 Å². The van der Waals surface area contributed by atoms with E-state index in [4.69, 9.17) is 14.2 Å². The van der Waals surface area contributed by atoms with Gasteiger partial charge in [0, 0.05) is 11.8 Å². The maximum absolute atomic E-state index is 11.9.